The molecule has 2 aromatic heterocycles. The van der Waals surface area contributed by atoms with Crippen LogP contribution in [0.5, 0.6) is 0 Å². The zero-order valence-electron chi connectivity index (χ0n) is 7.84. The number of hydrogen-bond donors (Lipinski definition) is 1. The first-order valence-corrected chi connectivity index (χ1v) is 4.30. The minimum absolute atomic E-state index is 0.674. The predicted octanol–water partition coefficient (Wildman–Crippen LogP) is 0.0929. The molecule has 2 rings (SSSR count). The quantitative estimate of drug-likeness (QED) is 0.745. The Morgan fingerprint density at radius 3 is 2.93 bits per heavy atom. The molecule has 0 fully saturated rings. The molecule has 6 heteroatoms. The highest BCUT2D eigenvalue weighted by molar-refractivity contribution is 4.96. The third-order valence-corrected chi connectivity index (χ3v) is 1.75. The molecule has 0 aliphatic carbocycles. The van der Waals surface area contributed by atoms with Gasteiger partial charge >= 0.3 is 0 Å². The van der Waals surface area contributed by atoms with Crippen LogP contribution in [0.25, 0.3) is 0 Å². The van der Waals surface area contributed by atoms with Crippen molar-refractivity contribution in [1.29, 1.82) is 0 Å². The second kappa shape index (κ2) is 4.01. The van der Waals surface area contributed by atoms with E-state index in [9.17, 15) is 0 Å². The van der Waals surface area contributed by atoms with E-state index in [0.717, 1.165) is 11.4 Å². The molecule has 0 saturated carbocycles. The number of nitrogens with zero attached hydrogens (tertiary/aromatic N) is 4. The van der Waals surface area contributed by atoms with Crippen molar-refractivity contribution in [2.45, 2.75) is 13.1 Å². The van der Waals surface area contributed by atoms with Gasteiger partial charge in [0.15, 0.2) is 0 Å². The molecular weight excluding hydrogens is 182 g/mol. The van der Waals surface area contributed by atoms with Gasteiger partial charge in [-0.1, -0.05) is 10.4 Å². The second-order valence-corrected chi connectivity index (χ2v) is 2.98. The van der Waals surface area contributed by atoms with Gasteiger partial charge in [-0.05, 0) is 0 Å². The van der Waals surface area contributed by atoms with Crippen molar-refractivity contribution in [2.75, 3.05) is 0 Å². The van der Waals surface area contributed by atoms with Gasteiger partial charge in [-0.25, -0.2) is 0 Å². The molecule has 0 aliphatic heterocycles. The lowest BCUT2D eigenvalue weighted by Crippen LogP contribution is -2.13. The molecule has 0 unspecified atom stereocenters. The SMILES string of the molecule is Cn1cc(CNCc2ccon2)nn1. The van der Waals surface area contributed by atoms with Gasteiger partial charge in [-0.2, -0.15) is 0 Å². The van der Waals surface area contributed by atoms with E-state index in [2.05, 4.69) is 20.8 Å². The van der Waals surface area contributed by atoms with E-state index in [1.165, 1.54) is 0 Å². The van der Waals surface area contributed by atoms with E-state index < -0.39 is 0 Å². The van der Waals surface area contributed by atoms with Crippen LogP contribution in [-0.4, -0.2) is 20.2 Å². The number of nitrogens with one attached hydrogen (secondary N) is 1. The summed E-state index contributed by atoms with van der Waals surface area (Å²) in [6.07, 6.45) is 3.43. The van der Waals surface area contributed by atoms with Crippen molar-refractivity contribution in [3.8, 4) is 0 Å². The van der Waals surface area contributed by atoms with Crippen LogP contribution >= 0.6 is 0 Å². The lowest BCUT2D eigenvalue weighted by molar-refractivity contribution is 0.408. The van der Waals surface area contributed by atoms with E-state index in [-0.39, 0.29) is 0 Å². The molecule has 0 radical (unpaired) electrons. The van der Waals surface area contributed by atoms with Gasteiger partial charge in [0.05, 0.1) is 11.4 Å². The van der Waals surface area contributed by atoms with E-state index in [1.807, 2.05) is 19.3 Å². The van der Waals surface area contributed by atoms with Crippen molar-refractivity contribution in [3.63, 3.8) is 0 Å². The highest BCUT2D eigenvalue weighted by Gasteiger charge is 1.99. The Balaban J connectivity index is 1.78. The number of aromatic nitrogens is 4. The third kappa shape index (κ3) is 2.17. The van der Waals surface area contributed by atoms with Crippen LogP contribution in [0.4, 0.5) is 0 Å². The molecule has 0 aromatic carbocycles. The van der Waals surface area contributed by atoms with Crippen molar-refractivity contribution in [3.05, 3.63) is 29.9 Å². The summed E-state index contributed by atoms with van der Waals surface area (Å²) in [5.41, 5.74) is 1.80. The fourth-order valence-corrected chi connectivity index (χ4v) is 1.12. The second-order valence-electron chi connectivity index (χ2n) is 2.98. The molecule has 0 aliphatic rings. The molecule has 0 spiro atoms. The Bertz CT molecular complexity index is 380. The van der Waals surface area contributed by atoms with Gasteiger partial charge in [0.25, 0.3) is 0 Å². The lowest BCUT2D eigenvalue weighted by atomic mass is 10.4. The average Bonchev–Trinajstić information content (AvgIpc) is 2.77. The van der Waals surface area contributed by atoms with Crippen LogP contribution in [0.2, 0.25) is 0 Å². The molecule has 74 valence electrons. The molecule has 6 nitrogen and oxygen atoms in total. The van der Waals surface area contributed by atoms with Crippen LogP contribution in [0.3, 0.4) is 0 Å². The van der Waals surface area contributed by atoms with Gasteiger partial charge in [0.2, 0.25) is 0 Å². The van der Waals surface area contributed by atoms with E-state index >= 15 is 0 Å². The summed E-state index contributed by atoms with van der Waals surface area (Å²) < 4.78 is 6.37. The fraction of sp³-hybridized carbons (Fsp3) is 0.375. The van der Waals surface area contributed by atoms with E-state index in [4.69, 9.17) is 4.52 Å². The van der Waals surface area contributed by atoms with Gasteiger partial charge in [0.1, 0.15) is 6.26 Å². The maximum absolute atomic E-state index is 4.70. The summed E-state index contributed by atoms with van der Waals surface area (Å²) >= 11 is 0. The Kier molecular flexibility index (Phi) is 2.55. The Labute approximate surface area is 80.9 Å². The fourth-order valence-electron chi connectivity index (χ4n) is 1.12. The van der Waals surface area contributed by atoms with Crippen LogP contribution in [0.1, 0.15) is 11.4 Å². The van der Waals surface area contributed by atoms with Crippen LogP contribution < -0.4 is 5.32 Å². The Morgan fingerprint density at radius 2 is 2.29 bits per heavy atom. The molecule has 2 aromatic rings. The zero-order valence-corrected chi connectivity index (χ0v) is 7.84. The summed E-state index contributed by atoms with van der Waals surface area (Å²) in [5, 5.41) is 14.7. The smallest absolute Gasteiger partial charge is 0.124 e. The summed E-state index contributed by atoms with van der Waals surface area (Å²) in [4.78, 5) is 0. The normalized spacial score (nSPS) is 10.6. The van der Waals surface area contributed by atoms with Crippen LogP contribution in [0, 0.1) is 0 Å². The van der Waals surface area contributed by atoms with Crippen molar-refractivity contribution < 1.29 is 4.52 Å². The Hall–Kier alpha value is -1.69. The lowest BCUT2D eigenvalue weighted by Gasteiger charge is -1.96. The molecular formula is C8H11N5O. The molecule has 14 heavy (non-hydrogen) atoms. The first-order valence-electron chi connectivity index (χ1n) is 4.30. The monoisotopic (exact) mass is 193 g/mol. The molecule has 0 saturated heterocycles. The van der Waals surface area contributed by atoms with Crippen LogP contribution in [0.15, 0.2) is 23.0 Å². The Morgan fingerprint density at radius 1 is 1.43 bits per heavy atom. The molecule has 2 heterocycles. The van der Waals surface area contributed by atoms with Gasteiger partial charge in [0, 0.05) is 32.4 Å². The predicted molar refractivity (Wildman–Crippen MR) is 48.0 cm³/mol. The zero-order chi connectivity index (χ0) is 9.80. The summed E-state index contributed by atoms with van der Waals surface area (Å²) in [6, 6.07) is 1.82. The van der Waals surface area contributed by atoms with Crippen molar-refractivity contribution in [2.24, 2.45) is 7.05 Å². The highest BCUT2D eigenvalue weighted by atomic mass is 16.5. The first-order chi connectivity index (χ1) is 6.84. The largest absolute Gasteiger partial charge is 0.364 e. The maximum atomic E-state index is 4.70. The number of aryl methyl sites for hydroxylation is 1. The molecule has 0 amide bonds. The van der Waals surface area contributed by atoms with Crippen molar-refractivity contribution in [1.82, 2.24) is 25.5 Å². The molecule has 1 N–H and O–H groups in total. The highest BCUT2D eigenvalue weighted by Crippen LogP contribution is 1.95. The van der Waals surface area contributed by atoms with Crippen molar-refractivity contribution >= 4 is 0 Å². The van der Waals surface area contributed by atoms with Gasteiger partial charge in [-0.3, -0.25) is 4.68 Å². The minimum Gasteiger partial charge on any atom is -0.364 e. The average molecular weight is 193 g/mol. The summed E-state index contributed by atoms with van der Waals surface area (Å²) in [7, 11) is 1.84. The topological polar surface area (TPSA) is 68.8 Å². The summed E-state index contributed by atoms with van der Waals surface area (Å²) in [6.45, 7) is 1.35. The number of rotatable bonds is 4. The number of hydrogen-bond acceptors (Lipinski definition) is 5. The van der Waals surface area contributed by atoms with Gasteiger partial charge in [-0.15, -0.1) is 5.10 Å². The van der Waals surface area contributed by atoms with E-state index in [1.54, 1.807) is 10.9 Å². The van der Waals surface area contributed by atoms with Gasteiger partial charge < -0.3 is 9.84 Å². The standard InChI is InChI=1S/C8H11N5O/c1-13-6-8(10-12-13)5-9-4-7-2-3-14-11-7/h2-3,6,9H,4-5H2,1H3. The maximum Gasteiger partial charge on any atom is 0.124 e. The molecule has 0 bridgehead atoms. The first kappa shape index (κ1) is 8.89. The molecule has 0 atom stereocenters. The third-order valence-electron chi connectivity index (χ3n) is 1.75. The van der Waals surface area contributed by atoms with E-state index in [0.29, 0.717) is 13.1 Å². The summed E-state index contributed by atoms with van der Waals surface area (Å²) in [5.74, 6) is 0. The van der Waals surface area contributed by atoms with Crippen LogP contribution in [-0.2, 0) is 20.1 Å². The minimum atomic E-state index is 0.674.